The minimum absolute atomic E-state index is 0.109. The van der Waals surface area contributed by atoms with Crippen LogP contribution in [-0.4, -0.2) is 58.4 Å². The maximum atomic E-state index is 12.6. The van der Waals surface area contributed by atoms with E-state index in [-0.39, 0.29) is 5.91 Å². The van der Waals surface area contributed by atoms with Crippen LogP contribution in [0, 0.1) is 0 Å². The minimum Gasteiger partial charge on any atom is -0.335 e. The third-order valence-electron chi connectivity index (χ3n) is 4.44. The molecule has 22 heavy (non-hydrogen) atoms. The number of anilines is 1. The van der Waals surface area contributed by atoms with Crippen LogP contribution in [0.15, 0.2) is 29.2 Å². The van der Waals surface area contributed by atoms with E-state index in [4.69, 9.17) is 0 Å². The third-order valence-corrected chi connectivity index (χ3v) is 6.35. The van der Waals surface area contributed by atoms with Gasteiger partial charge in [-0.3, -0.25) is 4.79 Å². The quantitative estimate of drug-likeness (QED) is 0.802. The van der Waals surface area contributed by atoms with E-state index in [9.17, 15) is 13.2 Å². The molecule has 0 radical (unpaired) electrons. The van der Waals surface area contributed by atoms with Crippen molar-refractivity contribution < 1.29 is 18.1 Å². The Morgan fingerprint density at radius 3 is 2.23 bits per heavy atom. The number of nitrogens with one attached hydrogen (secondary N) is 1. The largest absolute Gasteiger partial charge is 0.335 e. The molecule has 2 fully saturated rings. The normalized spacial score (nSPS) is 21.5. The molecule has 120 valence electrons. The number of hydrogen-bond donors (Lipinski definition) is 1. The van der Waals surface area contributed by atoms with E-state index in [2.05, 4.69) is 7.05 Å². The second-order valence-electron chi connectivity index (χ2n) is 6.00. The highest BCUT2D eigenvalue weighted by Crippen LogP contribution is 2.24. The standard InChI is InChI=1S/C15H21N3O3S/c1-16-9-11-17(12-10-16)22(20,21)14-6-4-13(5-7-14)18-8-2-3-15(18)19/h4-7H,2-3,8-12H2,1H3/p+1. The summed E-state index contributed by atoms with van der Waals surface area (Å²) in [7, 11) is -1.35. The van der Waals surface area contributed by atoms with E-state index in [1.54, 1.807) is 33.5 Å². The molecule has 1 aromatic carbocycles. The maximum Gasteiger partial charge on any atom is 0.243 e. The SMILES string of the molecule is C[NH+]1CCN(S(=O)(=O)c2ccc(N3CCCC3=O)cc2)CC1. The van der Waals surface area contributed by atoms with E-state index < -0.39 is 10.0 Å². The lowest BCUT2D eigenvalue weighted by Gasteiger charge is -2.29. The van der Waals surface area contributed by atoms with Crippen LogP contribution in [0.25, 0.3) is 0 Å². The number of quaternary nitrogens is 1. The van der Waals surface area contributed by atoms with Gasteiger partial charge in [-0.15, -0.1) is 0 Å². The average Bonchev–Trinajstić information content (AvgIpc) is 2.94. The van der Waals surface area contributed by atoms with Crippen LogP contribution >= 0.6 is 0 Å². The summed E-state index contributed by atoms with van der Waals surface area (Å²) in [4.78, 5) is 15.1. The number of carbonyl (C=O) groups is 1. The van der Waals surface area contributed by atoms with Crippen LogP contribution in [0.1, 0.15) is 12.8 Å². The van der Waals surface area contributed by atoms with E-state index in [0.29, 0.717) is 31.0 Å². The molecular weight excluding hydrogens is 302 g/mol. The van der Waals surface area contributed by atoms with Crippen molar-refractivity contribution in [2.24, 2.45) is 0 Å². The number of hydrogen-bond acceptors (Lipinski definition) is 3. The first-order valence-corrected chi connectivity index (χ1v) is 9.14. The zero-order valence-electron chi connectivity index (χ0n) is 12.8. The summed E-state index contributed by atoms with van der Waals surface area (Å²) in [5.41, 5.74) is 0.782. The molecule has 2 saturated heterocycles. The van der Waals surface area contributed by atoms with Gasteiger partial charge in [-0.05, 0) is 30.7 Å². The van der Waals surface area contributed by atoms with Gasteiger partial charge in [0.05, 0.1) is 38.1 Å². The predicted octanol–water partition coefficient (Wildman–Crippen LogP) is -0.668. The zero-order valence-corrected chi connectivity index (χ0v) is 13.6. The zero-order chi connectivity index (χ0) is 15.7. The van der Waals surface area contributed by atoms with E-state index in [1.807, 2.05) is 0 Å². The van der Waals surface area contributed by atoms with E-state index in [0.717, 1.165) is 25.2 Å². The van der Waals surface area contributed by atoms with Crippen LogP contribution in [0.5, 0.6) is 0 Å². The van der Waals surface area contributed by atoms with Crippen molar-refractivity contribution >= 4 is 21.6 Å². The predicted molar refractivity (Wildman–Crippen MR) is 83.4 cm³/mol. The molecule has 1 amide bonds. The van der Waals surface area contributed by atoms with Gasteiger partial charge in [-0.25, -0.2) is 8.42 Å². The Balaban J connectivity index is 1.78. The molecule has 1 aromatic rings. The highest BCUT2D eigenvalue weighted by molar-refractivity contribution is 7.89. The van der Waals surface area contributed by atoms with Crippen molar-refractivity contribution in [2.75, 3.05) is 44.7 Å². The van der Waals surface area contributed by atoms with Gasteiger partial charge in [0.2, 0.25) is 15.9 Å². The van der Waals surface area contributed by atoms with E-state index in [1.165, 1.54) is 4.90 Å². The lowest BCUT2D eigenvalue weighted by atomic mass is 10.3. The van der Waals surface area contributed by atoms with Gasteiger partial charge in [-0.1, -0.05) is 0 Å². The fourth-order valence-corrected chi connectivity index (χ4v) is 4.42. The Kier molecular flexibility index (Phi) is 4.20. The molecular formula is C15H22N3O3S+. The summed E-state index contributed by atoms with van der Waals surface area (Å²) < 4.78 is 26.8. The van der Waals surface area contributed by atoms with Gasteiger partial charge in [0.15, 0.2) is 0 Å². The molecule has 3 rings (SSSR count). The number of rotatable bonds is 3. The summed E-state index contributed by atoms with van der Waals surface area (Å²) in [6, 6.07) is 6.69. The number of carbonyl (C=O) groups excluding carboxylic acids is 1. The molecule has 2 aliphatic rings. The highest BCUT2D eigenvalue weighted by Gasteiger charge is 2.29. The number of piperazine rings is 1. The second-order valence-corrected chi connectivity index (χ2v) is 7.94. The molecule has 6 nitrogen and oxygen atoms in total. The molecule has 0 saturated carbocycles. The molecule has 0 unspecified atom stereocenters. The highest BCUT2D eigenvalue weighted by atomic mass is 32.2. The fraction of sp³-hybridized carbons (Fsp3) is 0.533. The van der Waals surface area contributed by atoms with Crippen LogP contribution < -0.4 is 9.80 Å². The lowest BCUT2D eigenvalue weighted by molar-refractivity contribution is -0.883. The van der Waals surface area contributed by atoms with Crippen LogP contribution in [0.2, 0.25) is 0 Å². The van der Waals surface area contributed by atoms with Crippen molar-refractivity contribution in [3.8, 4) is 0 Å². The molecule has 2 heterocycles. The monoisotopic (exact) mass is 324 g/mol. The van der Waals surface area contributed by atoms with Crippen LogP contribution in [-0.2, 0) is 14.8 Å². The van der Waals surface area contributed by atoms with Crippen molar-refractivity contribution in [3.05, 3.63) is 24.3 Å². The molecule has 0 bridgehead atoms. The number of amides is 1. The first-order valence-electron chi connectivity index (χ1n) is 7.70. The Labute approximate surface area is 131 Å². The van der Waals surface area contributed by atoms with Crippen LogP contribution in [0.3, 0.4) is 0 Å². The van der Waals surface area contributed by atoms with Crippen molar-refractivity contribution in [2.45, 2.75) is 17.7 Å². The number of nitrogens with zero attached hydrogens (tertiary/aromatic N) is 2. The van der Waals surface area contributed by atoms with Gasteiger partial charge in [0.25, 0.3) is 0 Å². The molecule has 0 atom stereocenters. The molecule has 0 spiro atoms. The Bertz CT molecular complexity index is 649. The van der Waals surface area contributed by atoms with Gasteiger partial charge in [0, 0.05) is 18.7 Å². The Morgan fingerprint density at radius 1 is 1.05 bits per heavy atom. The summed E-state index contributed by atoms with van der Waals surface area (Å²) in [6.07, 6.45) is 1.44. The Morgan fingerprint density at radius 2 is 1.68 bits per heavy atom. The summed E-state index contributed by atoms with van der Waals surface area (Å²) in [5, 5.41) is 0. The first-order chi connectivity index (χ1) is 10.5. The summed E-state index contributed by atoms with van der Waals surface area (Å²) >= 11 is 0. The number of likely N-dealkylation sites (N-methyl/N-ethyl adjacent to an activating group) is 1. The van der Waals surface area contributed by atoms with Crippen molar-refractivity contribution in [1.82, 2.24) is 4.31 Å². The fourth-order valence-electron chi connectivity index (χ4n) is 2.98. The number of benzene rings is 1. The lowest BCUT2D eigenvalue weighted by Crippen LogP contribution is -3.12. The molecule has 7 heteroatoms. The average molecular weight is 324 g/mol. The molecule has 1 N–H and O–H groups in total. The second kappa shape index (κ2) is 5.98. The molecule has 0 aliphatic carbocycles. The number of sulfonamides is 1. The van der Waals surface area contributed by atoms with E-state index >= 15 is 0 Å². The van der Waals surface area contributed by atoms with Gasteiger partial charge in [0.1, 0.15) is 0 Å². The van der Waals surface area contributed by atoms with Gasteiger partial charge < -0.3 is 9.80 Å². The van der Waals surface area contributed by atoms with Crippen molar-refractivity contribution in [1.29, 1.82) is 0 Å². The van der Waals surface area contributed by atoms with Gasteiger partial charge >= 0.3 is 0 Å². The van der Waals surface area contributed by atoms with Crippen molar-refractivity contribution in [3.63, 3.8) is 0 Å². The third kappa shape index (κ3) is 2.88. The van der Waals surface area contributed by atoms with Gasteiger partial charge in [-0.2, -0.15) is 4.31 Å². The minimum atomic E-state index is -3.42. The smallest absolute Gasteiger partial charge is 0.243 e. The Hall–Kier alpha value is -1.44. The summed E-state index contributed by atoms with van der Waals surface area (Å²) in [6.45, 7) is 3.49. The summed E-state index contributed by atoms with van der Waals surface area (Å²) in [5.74, 6) is 0.109. The maximum absolute atomic E-state index is 12.6. The topological polar surface area (TPSA) is 62.1 Å². The first kappa shape index (κ1) is 15.5. The molecule has 0 aromatic heterocycles. The van der Waals surface area contributed by atoms with Crippen LogP contribution in [0.4, 0.5) is 5.69 Å². The molecule has 2 aliphatic heterocycles.